The summed E-state index contributed by atoms with van der Waals surface area (Å²) in [6, 6.07) is 6.26. The first-order valence-corrected chi connectivity index (χ1v) is 6.50. The van der Waals surface area contributed by atoms with Gasteiger partial charge < -0.3 is 10.4 Å². The van der Waals surface area contributed by atoms with E-state index in [0.29, 0.717) is 5.82 Å². The average Bonchev–Trinajstić information content (AvgIpc) is 3.00. The predicted octanol–water partition coefficient (Wildman–Crippen LogP) is 1.11. The Kier molecular flexibility index (Phi) is 4.32. The molecule has 0 aliphatic heterocycles. The largest absolute Gasteiger partial charge is 0.481 e. The molecule has 0 aliphatic carbocycles. The topological polar surface area (TPSA) is 97.1 Å². The second-order valence-corrected chi connectivity index (χ2v) is 4.72. The van der Waals surface area contributed by atoms with Crippen molar-refractivity contribution in [3.05, 3.63) is 42.4 Å². The molecule has 0 aromatic carbocycles. The van der Waals surface area contributed by atoms with Gasteiger partial charge in [-0.05, 0) is 32.0 Å². The van der Waals surface area contributed by atoms with E-state index in [0.717, 1.165) is 0 Å². The van der Waals surface area contributed by atoms with Gasteiger partial charge in [-0.25, -0.2) is 9.67 Å². The van der Waals surface area contributed by atoms with Gasteiger partial charge in [-0.15, -0.1) is 0 Å². The van der Waals surface area contributed by atoms with Crippen LogP contribution in [0.1, 0.15) is 24.3 Å². The Labute approximate surface area is 121 Å². The van der Waals surface area contributed by atoms with E-state index in [4.69, 9.17) is 5.11 Å². The summed E-state index contributed by atoms with van der Waals surface area (Å²) in [5.41, 5.74) is 0.215. The maximum Gasteiger partial charge on any atom is 0.308 e. The monoisotopic (exact) mass is 288 g/mol. The molecule has 0 radical (unpaired) electrons. The fourth-order valence-electron chi connectivity index (χ4n) is 1.70. The third-order valence-corrected chi connectivity index (χ3v) is 3.20. The van der Waals surface area contributed by atoms with Crippen LogP contribution in [0.15, 0.2) is 36.7 Å². The lowest BCUT2D eigenvalue weighted by Gasteiger charge is -2.17. The number of hydrogen-bond donors (Lipinski definition) is 2. The lowest BCUT2D eigenvalue weighted by Crippen LogP contribution is -2.40. The van der Waals surface area contributed by atoms with Crippen LogP contribution in [0.3, 0.4) is 0 Å². The fraction of sp³-hybridized carbons (Fsp3) is 0.286. The zero-order valence-electron chi connectivity index (χ0n) is 11.7. The molecule has 2 rings (SSSR count). The first-order chi connectivity index (χ1) is 9.99. The van der Waals surface area contributed by atoms with Crippen molar-refractivity contribution >= 4 is 11.9 Å². The Morgan fingerprint density at radius 2 is 2.05 bits per heavy atom. The minimum Gasteiger partial charge on any atom is -0.481 e. The molecular weight excluding hydrogens is 272 g/mol. The molecule has 2 heterocycles. The maximum absolute atomic E-state index is 12.1. The zero-order valence-corrected chi connectivity index (χ0v) is 11.7. The van der Waals surface area contributed by atoms with Crippen LogP contribution in [0.4, 0.5) is 0 Å². The van der Waals surface area contributed by atoms with Crippen LogP contribution in [-0.4, -0.2) is 37.8 Å². The summed E-state index contributed by atoms with van der Waals surface area (Å²) >= 11 is 0. The normalized spacial score (nSPS) is 13.4. The van der Waals surface area contributed by atoms with Crippen molar-refractivity contribution in [2.24, 2.45) is 5.92 Å². The molecular formula is C14H16N4O3. The molecule has 2 unspecified atom stereocenters. The highest BCUT2D eigenvalue weighted by Gasteiger charge is 2.22. The van der Waals surface area contributed by atoms with Gasteiger partial charge in [0.05, 0.1) is 5.92 Å². The van der Waals surface area contributed by atoms with E-state index < -0.39 is 23.8 Å². The van der Waals surface area contributed by atoms with Crippen molar-refractivity contribution in [2.45, 2.75) is 19.9 Å². The minimum absolute atomic E-state index is 0.215. The van der Waals surface area contributed by atoms with Crippen molar-refractivity contribution in [2.75, 3.05) is 0 Å². The van der Waals surface area contributed by atoms with Gasteiger partial charge >= 0.3 is 5.97 Å². The average molecular weight is 288 g/mol. The Hall–Kier alpha value is -2.70. The highest BCUT2D eigenvalue weighted by Crippen LogP contribution is 2.07. The number of carboxylic acids is 1. The molecule has 0 spiro atoms. The molecule has 1 amide bonds. The Morgan fingerprint density at radius 1 is 1.29 bits per heavy atom. The molecule has 2 atom stereocenters. The first kappa shape index (κ1) is 14.7. The summed E-state index contributed by atoms with van der Waals surface area (Å²) in [7, 11) is 0. The minimum atomic E-state index is -0.957. The molecule has 7 nitrogen and oxygen atoms in total. The number of hydrogen-bond acceptors (Lipinski definition) is 4. The van der Waals surface area contributed by atoms with Crippen LogP contribution < -0.4 is 5.32 Å². The number of carbonyl (C=O) groups is 2. The summed E-state index contributed by atoms with van der Waals surface area (Å²) < 4.78 is 1.54. The molecule has 0 aliphatic rings. The smallest absolute Gasteiger partial charge is 0.308 e. The number of amides is 1. The summed E-state index contributed by atoms with van der Waals surface area (Å²) in [5, 5.41) is 15.6. The molecule has 2 aromatic heterocycles. The lowest BCUT2D eigenvalue weighted by atomic mass is 10.0. The predicted molar refractivity (Wildman–Crippen MR) is 75.1 cm³/mol. The number of aliphatic carboxylic acids is 1. The summed E-state index contributed by atoms with van der Waals surface area (Å²) in [6.07, 6.45) is 3.34. The molecule has 110 valence electrons. The Morgan fingerprint density at radius 3 is 2.67 bits per heavy atom. The van der Waals surface area contributed by atoms with Crippen LogP contribution in [0, 0.1) is 5.92 Å². The molecule has 0 saturated carbocycles. The van der Waals surface area contributed by atoms with Crippen LogP contribution in [0.5, 0.6) is 0 Å². The van der Waals surface area contributed by atoms with E-state index in [-0.39, 0.29) is 5.69 Å². The van der Waals surface area contributed by atoms with Gasteiger partial charge in [-0.3, -0.25) is 9.59 Å². The van der Waals surface area contributed by atoms with Gasteiger partial charge in [-0.2, -0.15) is 5.10 Å². The molecule has 2 N–H and O–H groups in total. The second kappa shape index (κ2) is 6.17. The van der Waals surface area contributed by atoms with E-state index in [1.807, 2.05) is 0 Å². The number of aromatic nitrogens is 3. The number of rotatable bonds is 5. The standard InChI is InChI=1S/C14H16N4O3/c1-9(14(20)21)10(2)16-13(19)11-5-3-6-12(17-11)18-8-4-7-15-18/h3-10H,1-2H3,(H,16,19)(H,20,21). The third-order valence-electron chi connectivity index (χ3n) is 3.20. The van der Waals surface area contributed by atoms with Crippen molar-refractivity contribution in [3.8, 4) is 5.82 Å². The maximum atomic E-state index is 12.1. The van der Waals surface area contributed by atoms with Gasteiger partial charge in [-0.1, -0.05) is 6.07 Å². The lowest BCUT2D eigenvalue weighted by molar-refractivity contribution is -0.141. The molecule has 0 bridgehead atoms. The molecule has 0 saturated heterocycles. The Bertz CT molecular complexity index is 639. The SMILES string of the molecule is CC(NC(=O)c1cccc(-n2cccn2)n1)C(C)C(=O)O. The quantitative estimate of drug-likeness (QED) is 0.859. The molecule has 2 aromatic rings. The van der Waals surface area contributed by atoms with Gasteiger partial charge in [0, 0.05) is 18.4 Å². The van der Waals surface area contributed by atoms with Gasteiger partial charge in [0.15, 0.2) is 5.82 Å². The van der Waals surface area contributed by atoms with Gasteiger partial charge in [0.2, 0.25) is 0 Å². The molecule has 0 fully saturated rings. The number of pyridine rings is 1. The summed E-state index contributed by atoms with van der Waals surface area (Å²) in [5.74, 6) is -1.53. The van der Waals surface area contributed by atoms with Crippen molar-refractivity contribution in [1.29, 1.82) is 0 Å². The summed E-state index contributed by atoms with van der Waals surface area (Å²) in [4.78, 5) is 27.2. The second-order valence-electron chi connectivity index (χ2n) is 4.72. The van der Waals surface area contributed by atoms with Crippen LogP contribution in [-0.2, 0) is 4.79 Å². The van der Waals surface area contributed by atoms with Crippen molar-refractivity contribution in [1.82, 2.24) is 20.1 Å². The highest BCUT2D eigenvalue weighted by atomic mass is 16.4. The number of carboxylic acid groups (broad SMARTS) is 1. The number of carbonyl (C=O) groups excluding carboxylic acids is 1. The van der Waals surface area contributed by atoms with Crippen molar-refractivity contribution in [3.63, 3.8) is 0 Å². The fourth-order valence-corrected chi connectivity index (χ4v) is 1.70. The van der Waals surface area contributed by atoms with Gasteiger partial charge in [0.1, 0.15) is 5.69 Å². The van der Waals surface area contributed by atoms with E-state index in [1.54, 1.807) is 55.2 Å². The van der Waals surface area contributed by atoms with E-state index >= 15 is 0 Å². The molecule has 7 heteroatoms. The number of nitrogens with zero attached hydrogens (tertiary/aromatic N) is 3. The highest BCUT2D eigenvalue weighted by molar-refractivity contribution is 5.93. The van der Waals surface area contributed by atoms with Crippen molar-refractivity contribution < 1.29 is 14.7 Å². The van der Waals surface area contributed by atoms with Crippen LogP contribution in [0.2, 0.25) is 0 Å². The summed E-state index contributed by atoms with van der Waals surface area (Å²) in [6.45, 7) is 3.19. The van der Waals surface area contributed by atoms with Gasteiger partial charge in [0.25, 0.3) is 5.91 Å². The van der Waals surface area contributed by atoms with E-state index in [1.165, 1.54) is 0 Å². The van der Waals surface area contributed by atoms with Crippen LogP contribution in [0.25, 0.3) is 5.82 Å². The van der Waals surface area contributed by atoms with E-state index in [2.05, 4.69) is 15.4 Å². The van der Waals surface area contributed by atoms with E-state index in [9.17, 15) is 9.59 Å². The number of nitrogens with one attached hydrogen (secondary N) is 1. The first-order valence-electron chi connectivity index (χ1n) is 6.50. The molecule has 21 heavy (non-hydrogen) atoms. The zero-order chi connectivity index (χ0) is 15.4. The van der Waals surface area contributed by atoms with Crippen LogP contribution >= 0.6 is 0 Å². The Balaban J connectivity index is 2.13. The third kappa shape index (κ3) is 3.44.